The van der Waals surface area contributed by atoms with Gasteiger partial charge in [0.25, 0.3) is 5.79 Å². The molecule has 1 atom stereocenters. The summed E-state index contributed by atoms with van der Waals surface area (Å²) in [7, 11) is 0. The summed E-state index contributed by atoms with van der Waals surface area (Å²) < 4.78 is 35.2. The molecule has 0 amide bonds. The van der Waals surface area contributed by atoms with Crippen molar-refractivity contribution in [3.8, 4) is 11.5 Å². The van der Waals surface area contributed by atoms with Crippen LogP contribution in [0.15, 0.2) is 42.5 Å². The van der Waals surface area contributed by atoms with Gasteiger partial charge in [-0.05, 0) is 80.0 Å². The largest absolute Gasteiger partial charge is 0.508 e. The van der Waals surface area contributed by atoms with Gasteiger partial charge >= 0.3 is 0 Å². The minimum atomic E-state index is -1.50. The monoisotopic (exact) mass is 400 g/mol. The summed E-state index contributed by atoms with van der Waals surface area (Å²) in [6.07, 6.45) is 5.26. The van der Waals surface area contributed by atoms with E-state index in [0.717, 1.165) is 37.8 Å². The number of aromatic hydroxyl groups is 1. The predicted octanol–water partition coefficient (Wildman–Crippen LogP) is 5.06. The first-order valence-electron chi connectivity index (χ1n) is 10.3. The Kier molecular flexibility index (Phi) is 3.61. The Morgan fingerprint density at radius 2 is 1.48 bits per heavy atom. The van der Waals surface area contributed by atoms with Crippen molar-refractivity contribution >= 4 is 0 Å². The van der Waals surface area contributed by atoms with Gasteiger partial charge in [0.1, 0.15) is 5.75 Å². The van der Waals surface area contributed by atoms with Crippen molar-refractivity contribution in [1.29, 1.82) is 0 Å². The van der Waals surface area contributed by atoms with Crippen LogP contribution >= 0.6 is 0 Å². The number of phenolic OH excluding ortho intramolecular Hbond substituents is 1. The van der Waals surface area contributed by atoms with Crippen LogP contribution in [-0.2, 0) is 15.6 Å². The van der Waals surface area contributed by atoms with E-state index >= 15 is 0 Å². The lowest BCUT2D eigenvalue weighted by Gasteiger charge is -2.68. The maximum atomic E-state index is 14.5. The summed E-state index contributed by atoms with van der Waals surface area (Å²) in [6, 6.07) is 10.1. The fourth-order valence-electron chi connectivity index (χ4n) is 6.64. The van der Waals surface area contributed by atoms with Crippen LogP contribution in [0, 0.1) is 35.3 Å². The highest BCUT2D eigenvalue weighted by atomic mass is 19.1. The van der Waals surface area contributed by atoms with E-state index in [2.05, 4.69) is 0 Å². The number of halogens is 2. The van der Waals surface area contributed by atoms with Crippen LogP contribution in [0.4, 0.5) is 8.78 Å². The average molecular weight is 400 g/mol. The van der Waals surface area contributed by atoms with E-state index in [1.54, 1.807) is 18.2 Å². The van der Waals surface area contributed by atoms with Crippen molar-refractivity contribution in [2.75, 3.05) is 0 Å². The zero-order valence-electron chi connectivity index (χ0n) is 15.8. The Morgan fingerprint density at radius 1 is 0.862 bits per heavy atom. The topological polar surface area (TPSA) is 47.9 Å². The van der Waals surface area contributed by atoms with Crippen molar-refractivity contribution in [3.63, 3.8) is 0 Å². The second-order valence-corrected chi connectivity index (χ2v) is 9.08. The third kappa shape index (κ3) is 2.24. The lowest BCUT2D eigenvalue weighted by Crippen LogP contribution is -2.77. The molecule has 1 spiro atoms. The van der Waals surface area contributed by atoms with Crippen molar-refractivity contribution in [2.24, 2.45) is 23.7 Å². The van der Waals surface area contributed by atoms with Crippen LogP contribution in [0.1, 0.15) is 37.7 Å². The second kappa shape index (κ2) is 5.92. The fraction of sp³-hybridized carbons (Fsp3) is 0.478. The normalized spacial score (nSPS) is 39.5. The first-order valence-corrected chi connectivity index (χ1v) is 10.3. The lowest BCUT2D eigenvalue weighted by atomic mass is 9.47. The number of hydrogen-bond donors (Lipinski definition) is 1. The first kappa shape index (κ1) is 17.7. The van der Waals surface area contributed by atoms with Crippen LogP contribution in [0.5, 0.6) is 11.5 Å². The van der Waals surface area contributed by atoms with E-state index in [9.17, 15) is 13.9 Å². The Bertz CT molecular complexity index is 929. The Morgan fingerprint density at radius 3 is 2.03 bits per heavy atom. The smallest absolute Gasteiger partial charge is 0.299 e. The summed E-state index contributed by atoms with van der Waals surface area (Å²) >= 11 is 0. The van der Waals surface area contributed by atoms with Gasteiger partial charge in [-0.15, -0.1) is 0 Å². The number of benzene rings is 2. The number of phenols is 1. The highest BCUT2D eigenvalue weighted by Crippen LogP contribution is 2.69. The molecule has 152 valence electrons. The molecule has 4 nitrogen and oxygen atoms in total. The first-order chi connectivity index (χ1) is 14.0. The van der Waals surface area contributed by atoms with Gasteiger partial charge in [0.15, 0.2) is 23.0 Å². The molecule has 1 N–H and O–H groups in total. The molecule has 4 aliphatic carbocycles. The number of para-hydroxylation sites is 1. The fourth-order valence-corrected chi connectivity index (χ4v) is 6.64. The molecule has 5 aliphatic rings. The van der Waals surface area contributed by atoms with E-state index in [1.807, 2.05) is 0 Å². The van der Waals surface area contributed by atoms with E-state index in [0.29, 0.717) is 17.4 Å². The molecule has 6 heteroatoms. The number of rotatable bonds is 3. The minimum absolute atomic E-state index is 0.0361. The van der Waals surface area contributed by atoms with Crippen LogP contribution in [0.3, 0.4) is 0 Å². The molecule has 4 bridgehead atoms. The molecule has 7 rings (SSSR count). The predicted molar refractivity (Wildman–Crippen MR) is 98.7 cm³/mol. The van der Waals surface area contributed by atoms with Gasteiger partial charge in [-0.25, -0.2) is 13.7 Å². The Labute approximate surface area is 167 Å². The van der Waals surface area contributed by atoms with Crippen LogP contribution < -0.4 is 4.74 Å². The van der Waals surface area contributed by atoms with Gasteiger partial charge in [0.2, 0.25) is 0 Å². The molecular weight excluding hydrogens is 378 g/mol. The van der Waals surface area contributed by atoms with Crippen molar-refractivity contribution in [2.45, 2.75) is 43.5 Å². The van der Waals surface area contributed by atoms with E-state index in [1.165, 1.54) is 18.6 Å². The summed E-state index contributed by atoms with van der Waals surface area (Å²) in [6.45, 7) is 0. The van der Waals surface area contributed by atoms with Gasteiger partial charge in [0, 0.05) is 5.56 Å². The minimum Gasteiger partial charge on any atom is -0.508 e. The van der Waals surface area contributed by atoms with E-state index < -0.39 is 28.8 Å². The molecule has 2 aromatic rings. The average Bonchev–Trinajstić information content (AvgIpc) is 2.66. The summed E-state index contributed by atoms with van der Waals surface area (Å²) in [5.74, 6) is -1.83. The molecule has 0 radical (unpaired) electrons. The van der Waals surface area contributed by atoms with Crippen LogP contribution in [0.2, 0.25) is 0 Å². The molecule has 4 saturated carbocycles. The molecule has 1 aliphatic heterocycles. The van der Waals surface area contributed by atoms with E-state index in [-0.39, 0.29) is 17.6 Å². The zero-order valence-corrected chi connectivity index (χ0v) is 15.8. The maximum Gasteiger partial charge on any atom is 0.299 e. The molecule has 29 heavy (non-hydrogen) atoms. The van der Waals surface area contributed by atoms with Gasteiger partial charge in [-0.3, -0.25) is 0 Å². The molecule has 5 fully saturated rings. The number of hydrogen-bond acceptors (Lipinski definition) is 4. The van der Waals surface area contributed by atoms with Gasteiger partial charge in [-0.2, -0.15) is 4.89 Å². The van der Waals surface area contributed by atoms with Crippen LogP contribution in [-0.4, -0.2) is 10.7 Å². The second-order valence-electron chi connectivity index (χ2n) is 9.08. The summed E-state index contributed by atoms with van der Waals surface area (Å²) in [5.41, 5.74) is -0.304. The Hall–Kier alpha value is -2.18. The van der Waals surface area contributed by atoms with Gasteiger partial charge in [0.05, 0.1) is 0 Å². The van der Waals surface area contributed by atoms with Crippen molar-refractivity contribution < 1.29 is 28.4 Å². The molecular formula is C23H22F2O4. The Balaban J connectivity index is 1.52. The molecule has 2 aromatic carbocycles. The SMILES string of the molecule is Oc1cccc(C2(Oc3c(F)cccc3F)OOC23C2CC4CC(C2)CC3C4)c1. The quantitative estimate of drug-likeness (QED) is 0.732. The highest BCUT2D eigenvalue weighted by Gasteiger charge is 2.78. The lowest BCUT2D eigenvalue weighted by molar-refractivity contribution is -0.635. The third-order valence-electron chi connectivity index (χ3n) is 7.55. The maximum absolute atomic E-state index is 14.5. The molecule has 1 unspecified atom stereocenters. The standard InChI is InChI=1S/C23H22F2O4/c24-19-5-2-6-20(25)21(19)27-23(15-3-1-4-18(26)12-15)22(28-29-23)16-8-13-7-14(10-16)11-17(22)9-13/h1-6,12-14,16-17,26H,7-11H2. The van der Waals surface area contributed by atoms with Gasteiger partial charge in [-0.1, -0.05) is 18.2 Å². The van der Waals surface area contributed by atoms with Gasteiger partial charge < -0.3 is 9.84 Å². The third-order valence-corrected chi connectivity index (χ3v) is 7.55. The summed E-state index contributed by atoms with van der Waals surface area (Å²) in [5, 5.41) is 10.1. The zero-order chi connectivity index (χ0) is 19.8. The molecule has 1 saturated heterocycles. The molecule has 0 aromatic heterocycles. The van der Waals surface area contributed by atoms with E-state index in [4.69, 9.17) is 14.5 Å². The van der Waals surface area contributed by atoms with Crippen molar-refractivity contribution in [1.82, 2.24) is 0 Å². The van der Waals surface area contributed by atoms with Crippen molar-refractivity contribution in [3.05, 3.63) is 59.7 Å². The van der Waals surface area contributed by atoms with Crippen LogP contribution in [0.25, 0.3) is 0 Å². The summed E-state index contributed by atoms with van der Waals surface area (Å²) in [4.78, 5) is 11.6. The highest BCUT2D eigenvalue weighted by molar-refractivity contribution is 5.38. The molecule has 1 heterocycles. The number of ether oxygens (including phenoxy) is 1.